The van der Waals surface area contributed by atoms with E-state index < -0.39 is 0 Å². The quantitative estimate of drug-likeness (QED) is 0.942. The van der Waals surface area contributed by atoms with Crippen LogP contribution in [0.25, 0.3) is 0 Å². The molecule has 1 heterocycles. The van der Waals surface area contributed by atoms with Gasteiger partial charge in [-0.25, -0.2) is 4.39 Å². The van der Waals surface area contributed by atoms with Crippen molar-refractivity contribution in [3.63, 3.8) is 0 Å². The molecule has 6 heteroatoms. The third-order valence-electron chi connectivity index (χ3n) is 4.12. The molecule has 2 N–H and O–H groups in total. The maximum atomic E-state index is 13.2. The minimum absolute atomic E-state index is 0. The maximum absolute atomic E-state index is 13.2. The predicted octanol–water partition coefficient (Wildman–Crippen LogP) is 2.99. The Hall–Kier alpha value is -1.46. The lowest BCUT2D eigenvalue weighted by atomic mass is 9.86. The van der Waals surface area contributed by atoms with Crippen LogP contribution < -0.4 is 5.73 Å². The Labute approximate surface area is 129 Å². The summed E-state index contributed by atoms with van der Waals surface area (Å²) in [5.41, 5.74) is 6.60. The van der Waals surface area contributed by atoms with Gasteiger partial charge in [0.05, 0.1) is 5.41 Å². The van der Waals surface area contributed by atoms with Crippen LogP contribution in [0, 0.1) is 5.82 Å². The van der Waals surface area contributed by atoms with Crippen molar-refractivity contribution in [1.29, 1.82) is 0 Å². The van der Waals surface area contributed by atoms with E-state index in [0.29, 0.717) is 24.7 Å². The molecule has 0 amide bonds. The third kappa shape index (κ3) is 3.24. The third-order valence-corrected chi connectivity index (χ3v) is 4.12. The van der Waals surface area contributed by atoms with Gasteiger partial charge in [-0.15, -0.1) is 12.4 Å². The Morgan fingerprint density at radius 2 is 2.05 bits per heavy atom. The van der Waals surface area contributed by atoms with Gasteiger partial charge in [0.15, 0.2) is 5.82 Å². The number of halogens is 2. The first kappa shape index (κ1) is 15.9. The van der Waals surface area contributed by atoms with Crippen LogP contribution in [0.15, 0.2) is 28.8 Å². The fraction of sp³-hybridized carbons (Fsp3) is 0.467. The van der Waals surface area contributed by atoms with Crippen LogP contribution in [0.1, 0.15) is 43.0 Å². The molecule has 21 heavy (non-hydrogen) atoms. The molecule has 3 rings (SSSR count). The predicted molar refractivity (Wildman–Crippen MR) is 80.0 cm³/mol. The average molecular weight is 312 g/mol. The highest BCUT2D eigenvalue weighted by Crippen LogP contribution is 2.39. The minimum atomic E-state index is -0.250. The van der Waals surface area contributed by atoms with E-state index in [0.717, 1.165) is 31.2 Å². The molecule has 0 bridgehead atoms. The van der Waals surface area contributed by atoms with E-state index in [4.69, 9.17) is 10.3 Å². The summed E-state index contributed by atoms with van der Waals surface area (Å²) in [6.45, 7) is 0.536. The molecule has 0 saturated heterocycles. The topological polar surface area (TPSA) is 64.9 Å². The molecule has 4 nitrogen and oxygen atoms in total. The van der Waals surface area contributed by atoms with Crippen molar-refractivity contribution in [1.82, 2.24) is 10.1 Å². The van der Waals surface area contributed by atoms with Crippen LogP contribution in [0.5, 0.6) is 0 Å². The SMILES string of the molecule is Cl.NCC1(c2nc(Cc3cccc(F)c3)no2)CCCC1. The molecule has 1 saturated carbocycles. The fourth-order valence-electron chi connectivity index (χ4n) is 2.93. The number of rotatable bonds is 4. The van der Waals surface area contributed by atoms with Gasteiger partial charge in [0, 0.05) is 13.0 Å². The monoisotopic (exact) mass is 311 g/mol. The molecule has 1 aromatic heterocycles. The lowest BCUT2D eigenvalue weighted by Crippen LogP contribution is -2.32. The van der Waals surface area contributed by atoms with Crippen LogP contribution >= 0.6 is 12.4 Å². The van der Waals surface area contributed by atoms with E-state index in [9.17, 15) is 4.39 Å². The number of hydrogen-bond acceptors (Lipinski definition) is 4. The van der Waals surface area contributed by atoms with E-state index in [2.05, 4.69) is 10.1 Å². The van der Waals surface area contributed by atoms with Gasteiger partial charge >= 0.3 is 0 Å². The Kier molecular flexibility index (Phi) is 4.96. The molecule has 0 aliphatic heterocycles. The van der Waals surface area contributed by atoms with E-state index in [1.807, 2.05) is 6.07 Å². The molecule has 2 aromatic rings. The Bertz CT molecular complexity index is 596. The van der Waals surface area contributed by atoms with Crippen molar-refractivity contribution in [2.45, 2.75) is 37.5 Å². The Balaban J connectivity index is 0.00000161. The van der Waals surface area contributed by atoms with Crippen LogP contribution in [-0.2, 0) is 11.8 Å². The molecule has 0 unspecified atom stereocenters. The van der Waals surface area contributed by atoms with E-state index >= 15 is 0 Å². The first-order valence-corrected chi connectivity index (χ1v) is 6.99. The Morgan fingerprint density at radius 1 is 1.29 bits per heavy atom. The minimum Gasteiger partial charge on any atom is -0.339 e. The first-order valence-electron chi connectivity index (χ1n) is 6.99. The number of nitrogens with two attached hydrogens (primary N) is 1. The molecule has 0 atom stereocenters. The number of nitrogens with zero attached hydrogens (tertiary/aromatic N) is 2. The lowest BCUT2D eigenvalue weighted by molar-refractivity contribution is 0.283. The van der Waals surface area contributed by atoms with Crippen LogP contribution in [0.3, 0.4) is 0 Å². The second-order valence-electron chi connectivity index (χ2n) is 5.51. The lowest BCUT2D eigenvalue weighted by Gasteiger charge is -2.21. The molecule has 1 aromatic carbocycles. The number of aromatic nitrogens is 2. The molecule has 1 aliphatic rings. The molecule has 1 fully saturated rings. The van der Waals surface area contributed by atoms with E-state index in [-0.39, 0.29) is 23.6 Å². The summed E-state index contributed by atoms with van der Waals surface area (Å²) in [6, 6.07) is 6.45. The van der Waals surface area contributed by atoms with Gasteiger partial charge in [0.2, 0.25) is 5.89 Å². The summed E-state index contributed by atoms with van der Waals surface area (Å²) < 4.78 is 18.6. The van der Waals surface area contributed by atoms with Crippen molar-refractivity contribution in [3.05, 3.63) is 47.4 Å². The van der Waals surface area contributed by atoms with Gasteiger partial charge in [-0.1, -0.05) is 30.1 Å². The molecule has 0 radical (unpaired) electrons. The molecule has 1 aliphatic carbocycles. The fourth-order valence-corrected chi connectivity index (χ4v) is 2.93. The maximum Gasteiger partial charge on any atom is 0.234 e. The second-order valence-corrected chi connectivity index (χ2v) is 5.51. The molecular formula is C15H19ClFN3O. The zero-order valence-corrected chi connectivity index (χ0v) is 12.5. The van der Waals surface area contributed by atoms with Gasteiger partial charge in [-0.2, -0.15) is 4.98 Å². The van der Waals surface area contributed by atoms with Crippen molar-refractivity contribution in [3.8, 4) is 0 Å². The van der Waals surface area contributed by atoms with E-state index in [1.54, 1.807) is 6.07 Å². The highest BCUT2D eigenvalue weighted by molar-refractivity contribution is 5.85. The number of hydrogen-bond donors (Lipinski definition) is 1. The van der Waals surface area contributed by atoms with Crippen LogP contribution in [-0.4, -0.2) is 16.7 Å². The highest BCUT2D eigenvalue weighted by atomic mass is 35.5. The van der Waals surface area contributed by atoms with Crippen LogP contribution in [0.2, 0.25) is 0 Å². The van der Waals surface area contributed by atoms with Gasteiger partial charge < -0.3 is 10.3 Å². The van der Waals surface area contributed by atoms with Crippen molar-refractivity contribution in [2.24, 2.45) is 5.73 Å². The summed E-state index contributed by atoms with van der Waals surface area (Å²) in [5.74, 6) is 0.981. The van der Waals surface area contributed by atoms with Gasteiger partial charge in [0.1, 0.15) is 5.82 Å². The van der Waals surface area contributed by atoms with Gasteiger partial charge in [0.25, 0.3) is 0 Å². The highest BCUT2D eigenvalue weighted by Gasteiger charge is 2.39. The van der Waals surface area contributed by atoms with Crippen molar-refractivity contribution < 1.29 is 8.91 Å². The van der Waals surface area contributed by atoms with Crippen LogP contribution in [0.4, 0.5) is 4.39 Å². The first-order chi connectivity index (χ1) is 9.72. The number of benzene rings is 1. The van der Waals surface area contributed by atoms with Crippen molar-refractivity contribution in [2.75, 3.05) is 6.54 Å². The zero-order chi connectivity index (χ0) is 14.0. The van der Waals surface area contributed by atoms with Crippen molar-refractivity contribution >= 4 is 12.4 Å². The van der Waals surface area contributed by atoms with Gasteiger partial charge in [-0.05, 0) is 30.5 Å². The summed E-state index contributed by atoms with van der Waals surface area (Å²) in [6.07, 6.45) is 4.79. The van der Waals surface area contributed by atoms with Gasteiger partial charge in [-0.3, -0.25) is 0 Å². The smallest absolute Gasteiger partial charge is 0.234 e. The Morgan fingerprint density at radius 3 is 2.71 bits per heavy atom. The zero-order valence-electron chi connectivity index (χ0n) is 11.7. The standard InChI is InChI=1S/C15H18FN3O.ClH/c16-12-5-3-4-11(8-12)9-13-18-14(20-19-13)15(10-17)6-1-2-7-15;/h3-5,8H,1-2,6-7,9-10,17H2;1H. The molecular weight excluding hydrogens is 293 g/mol. The largest absolute Gasteiger partial charge is 0.339 e. The average Bonchev–Trinajstić information content (AvgIpc) is 3.08. The molecule has 114 valence electrons. The molecule has 0 spiro atoms. The normalized spacial score (nSPS) is 16.7. The summed E-state index contributed by atoms with van der Waals surface area (Å²) in [7, 11) is 0. The summed E-state index contributed by atoms with van der Waals surface area (Å²) in [5, 5.41) is 4.01. The second kappa shape index (κ2) is 6.54. The summed E-state index contributed by atoms with van der Waals surface area (Å²) in [4.78, 5) is 4.48. The summed E-state index contributed by atoms with van der Waals surface area (Å²) >= 11 is 0. The van der Waals surface area contributed by atoms with E-state index in [1.165, 1.54) is 12.1 Å².